The zero-order valence-electron chi connectivity index (χ0n) is 22.1. The van der Waals surface area contributed by atoms with Gasteiger partial charge in [-0.2, -0.15) is 0 Å². The van der Waals surface area contributed by atoms with E-state index in [9.17, 15) is 14.7 Å². The smallest absolute Gasteiger partial charge is 0.339 e. The van der Waals surface area contributed by atoms with Crippen molar-refractivity contribution in [1.29, 1.82) is 0 Å². The van der Waals surface area contributed by atoms with Gasteiger partial charge in [0.25, 0.3) is 5.91 Å². The number of nitrogens with one attached hydrogen (secondary N) is 1. The Morgan fingerprint density at radius 3 is 2.42 bits per heavy atom. The van der Waals surface area contributed by atoms with Crippen LogP contribution in [0, 0.1) is 5.92 Å². The number of carbonyl (C=O) groups is 2. The minimum Gasteiger partial charge on any atom is -0.478 e. The van der Waals surface area contributed by atoms with Crippen molar-refractivity contribution in [3.8, 4) is 0 Å². The van der Waals surface area contributed by atoms with Gasteiger partial charge in [-0.3, -0.25) is 9.69 Å². The molecule has 36 heavy (non-hydrogen) atoms. The quantitative estimate of drug-likeness (QED) is 0.435. The summed E-state index contributed by atoms with van der Waals surface area (Å²) in [5.41, 5.74) is 3.63. The van der Waals surface area contributed by atoms with Crippen LogP contribution in [0.2, 0.25) is 0 Å². The van der Waals surface area contributed by atoms with E-state index >= 15 is 0 Å². The monoisotopic (exact) mass is 487 g/mol. The summed E-state index contributed by atoms with van der Waals surface area (Å²) >= 11 is 0. The summed E-state index contributed by atoms with van der Waals surface area (Å²) in [7, 11) is 0. The normalized spacial score (nSPS) is 17.3. The molecule has 0 radical (unpaired) electrons. The number of carboxylic acids is 1. The Kier molecular flexibility index (Phi) is 7.10. The van der Waals surface area contributed by atoms with Crippen LogP contribution < -0.4 is 0 Å². The maximum absolute atomic E-state index is 14.1. The Labute approximate surface area is 213 Å². The average molecular weight is 488 g/mol. The zero-order chi connectivity index (χ0) is 26.2. The van der Waals surface area contributed by atoms with Gasteiger partial charge in [0.1, 0.15) is 0 Å². The summed E-state index contributed by atoms with van der Waals surface area (Å²) in [6.45, 7) is 15.3. The second-order valence-electron chi connectivity index (χ2n) is 10.6. The molecule has 1 unspecified atom stereocenters. The fourth-order valence-electron chi connectivity index (χ4n) is 5.95. The number of rotatable bonds is 7. The van der Waals surface area contributed by atoms with Crippen molar-refractivity contribution in [2.24, 2.45) is 5.92 Å². The summed E-state index contributed by atoms with van der Waals surface area (Å²) in [5, 5.41) is 11.3. The minimum atomic E-state index is -1.06. The molecule has 6 nitrogen and oxygen atoms in total. The second kappa shape index (κ2) is 9.94. The average Bonchev–Trinajstić information content (AvgIpc) is 3.19. The van der Waals surface area contributed by atoms with E-state index in [0.29, 0.717) is 11.3 Å². The molecular formula is C30H37N3O3. The Hall–Kier alpha value is -3.38. The third-order valence-corrected chi connectivity index (χ3v) is 7.50. The van der Waals surface area contributed by atoms with Crippen molar-refractivity contribution >= 4 is 28.4 Å². The van der Waals surface area contributed by atoms with E-state index in [0.717, 1.165) is 41.7 Å². The number of benzene rings is 2. The Morgan fingerprint density at radius 1 is 1.08 bits per heavy atom. The van der Waals surface area contributed by atoms with Gasteiger partial charge in [0.2, 0.25) is 0 Å². The Morgan fingerprint density at radius 2 is 1.78 bits per heavy atom. The molecule has 1 amide bonds. The van der Waals surface area contributed by atoms with Gasteiger partial charge in [-0.1, -0.05) is 71.9 Å². The first kappa shape index (κ1) is 25.7. The number of carbonyl (C=O) groups excluding carboxylic acids is 1. The minimum absolute atomic E-state index is 0.0775. The first-order valence-electron chi connectivity index (χ1n) is 12.8. The lowest BCUT2D eigenvalue weighted by atomic mass is 9.71. The van der Waals surface area contributed by atoms with Gasteiger partial charge in [0.05, 0.1) is 11.3 Å². The maximum atomic E-state index is 14.1. The summed E-state index contributed by atoms with van der Waals surface area (Å²) in [6, 6.07) is 15.4. The standard InChI is InChI=1S/C30H37N3O3/c1-7-32(8-2)17-20-12-11-13-21(16-20)28(34)33-18-23(29(35)36)26-25(30(5,6)27(33)19(3)4)22-14-9-10-15-24(22)31-26/h9-16,18-19,27,31H,7-8,17H2,1-6H3,(H,35,36). The Bertz CT molecular complexity index is 1310. The zero-order valence-corrected chi connectivity index (χ0v) is 22.1. The molecule has 0 saturated heterocycles. The molecular weight excluding hydrogens is 450 g/mol. The highest BCUT2D eigenvalue weighted by atomic mass is 16.4. The van der Waals surface area contributed by atoms with E-state index in [1.165, 1.54) is 0 Å². The van der Waals surface area contributed by atoms with Crippen molar-refractivity contribution < 1.29 is 14.7 Å². The summed E-state index contributed by atoms with van der Waals surface area (Å²) in [6.07, 6.45) is 1.55. The van der Waals surface area contributed by atoms with Gasteiger partial charge in [0, 0.05) is 40.7 Å². The van der Waals surface area contributed by atoms with Gasteiger partial charge in [-0.25, -0.2) is 4.79 Å². The lowest BCUT2D eigenvalue weighted by Gasteiger charge is -2.42. The van der Waals surface area contributed by atoms with Crippen molar-refractivity contribution in [2.45, 2.75) is 59.5 Å². The first-order valence-corrected chi connectivity index (χ1v) is 12.8. The summed E-state index contributed by atoms with van der Waals surface area (Å²) < 4.78 is 0. The number of aromatic nitrogens is 1. The van der Waals surface area contributed by atoms with E-state index in [2.05, 4.69) is 51.4 Å². The number of H-pyrrole nitrogens is 1. The first-order chi connectivity index (χ1) is 17.1. The van der Waals surface area contributed by atoms with E-state index in [1.54, 1.807) is 11.1 Å². The van der Waals surface area contributed by atoms with Crippen LogP contribution in [0.15, 0.2) is 54.7 Å². The van der Waals surface area contributed by atoms with Crippen LogP contribution in [0.1, 0.15) is 68.7 Å². The molecule has 0 aliphatic carbocycles. The summed E-state index contributed by atoms with van der Waals surface area (Å²) in [5.74, 6) is -1.17. The van der Waals surface area contributed by atoms with Crippen LogP contribution >= 0.6 is 0 Å². The number of hydrogen-bond acceptors (Lipinski definition) is 3. The molecule has 1 atom stereocenters. The maximum Gasteiger partial charge on any atom is 0.339 e. The predicted octanol–water partition coefficient (Wildman–Crippen LogP) is 5.89. The molecule has 1 aliphatic rings. The van der Waals surface area contributed by atoms with Crippen LogP contribution in [0.4, 0.5) is 0 Å². The number of hydrogen-bond donors (Lipinski definition) is 2. The molecule has 0 spiro atoms. The fourth-order valence-corrected chi connectivity index (χ4v) is 5.95. The van der Waals surface area contributed by atoms with Crippen molar-refractivity contribution in [3.05, 3.63) is 77.1 Å². The van der Waals surface area contributed by atoms with Crippen molar-refractivity contribution in [1.82, 2.24) is 14.8 Å². The summed E-state index contributed by atoms with van der Waals surface area (Å²) in [4.78, 5) is 34.0. The molecule has 4 rings (SSSR count). The number of nitrogens with zero attached hydrogens (tertiary/aromatic N) is 2. The molecule has 2 heterocycles. The van der Waals surface area contributed by atoms with Crippen molar-refractivity contribution in [2.75, 3.05) is 13.1 Å². The molecule has 0 bridgehead atoms. The van der Waals surface area contributed by atoms with Crippen LogP contribution in [-0.2, 0) is 16.8 Å². The van der Waals surface area contributed by atoms with E-state index in [-0.39, 0.29) is 23.4 Å². The van der Waals surface area contributed by atoms with Crippen LogP contribution in [0.3, 0.4) is 0 Å². The second-order valence-corrected chi connectivity index (χ2v) is 10.6. The van der Waals surface area contributed by atoms with Crippen LogP contribution in [0.25, 0.3) is 16.5 Å². The highest BCUT2D eigenvalue weighted by molar-refractivity contribution is 6.17. The highest BCUT2D eigenvalue weighted by Crippen LogP contribution is 2.45. The molecule has 6 heteroatoms. The molecule has 3 aromatic rings. The van der Waals surface area contributed by atoms with Gasteiger partial charge < -0.3 is 15.0 Å². The largest absolute Gasteiger partial charge is 0.478 e. The number of aliphatic carboxylic acids is 1. The third-order valence-electron chi connectivity index (χ3n) is 7.50. The molecule has 2 N–H and O–H groups in total. The lowest BCUT2D eigenvalue weighted by Crippen LogP contribution is -2.50. The molecule has 190 valence electrons. The van der Waals surface area contributed by atoms with E-state index in [1.807, 2.05) is 48.5 Å². The van der Waals surface area contributed by atoms with Gasteiger partial charge >= 0.3 is 5.97 Å². The number of carboxylic acid groups (broad SMARTS) is 1. The molecule has 1 aromatic heterocycles. The van der Waals surface area contributed by atoms with Gasteiger partial charge in [0.15, 0.2) is 0 Å². The molecule has 0 saturated carbocycles. The lowest BCUT2D eigenvalue weighted by molar-refractivity contribution is -0.130. The van der Waals surface area contributed by atoms with Gasteiger partial charge in [-0.05, 0) is 48.3 Å². The number of amides is 1. The number of para-hydroxylation sites is 1. The highest BCUT2D eigenvalue weighted by Gasteiger charge is 2.45. The number of aromatic amines is 1. The fraction of sp³-hybridized carbons (Fsp3) is 0.400. The molecule has 2 aromatic carbocycles. The topological polar surface area (TPSA) is 76.6 Å². The molecule has 0 fully saturated rings. The number of fused-ring (bicyclic) bond motifs is 3. The van der Waals surface area contributed by atoms with E-state index < -0.39 is 11.4 Å². The Balaban J connectivity index is 1.88. The van der Waals surface area contributed by atoms with Crippen LogP contribution in [-0.4, -0.2) is 50.9 Å². The predicted molar refractivity (Wildman–Crippen MR) is 145 cm³/mol. The molecule has 1 aliphatic heterocycles. The SMILES string of the molecule is CCN(CC)Cc1cccc(C(=O)N2C=C(C(=O)O)c3[nH]c4ccccc4c3C(C)(C)C2C(C)C)c1. The van der Waals surface area contributed by atoms with Crippen molar-refractivity contribution in [3.63, 3.8) is 0 Å². The third kappa shape index (κ3) is 4.46. The van der Waals surface area contributed by atoms with Crippen LogP contribution in [0.5, 0.6) is 0 Å². The van der Waals surface area contributed by atoms with Gasteiger partial charge in [-0.15, -0.1) is 0 Å². The van der Waals surface area contributed by atoms with E-state index in [4.69, 9.17) is 0 Å².